The molecule has 0 aromatic rings. The van der Waals surface area contributed by atoms with Gasteiger partial charge in [0.25, 0.3) is 0 Å². The maximum Gasteiger partial charge on any atom is 0.191 e. The Kier molecular flexibility index (Phi) is 9.30. The van der Waals surface area contributed by atoms with Crippen LogP contribution < -0.4 is 10.6 Å². The number of likely N-dealkylation sites (tertiary alicyclic amines) is 1. The zero-order valence-corrected chi connectivity index (χ0v) is 18.4. The normalized spacial score (nSPS) is 29.7. The van der Waals surface area contributed by atoms with Crippen LogP contribution in [0, 0.1) is 11.3 Å². The van der Waals surface area contributed by atoms with Crippen LogP contribution in [0.2, 0.25) is 0 Å². The number of aliphatic imine (C=N–C) groups is 1. The van der Waals surface area contributed by atoms with Gasteiger partial charge in [0.15, 0.2) is 5.96 Å². The van der Waals surface area contributed by atoms with Gasteiger partial charge in [-0.25, -0.2) is 0 Å². The summed E-state index contributed by atoms with van der Waals surface area (Å²) in [6.07, 6.45) is 5.06. The fraction of sp³-hybridized carbons (Fsp3) is 0.944. The molecule has 0 bridgehead atoms. The molecule has 1 saturated carbocycles. The van der Waals surface area contributed by atoms with Crippen molar-refractivity contribution in [3.05, 3.63) is 0 Å². The van der Waals surface area contributed by atoms with Gasteiger partial charge < -0.3 is 20.3 Å². The summed E-state index contributed by atoms with van der Waals surface area (Å²) >= 11 is 0. The third kappa shape index (κ3) is 4.75. The van der Waals surface area contributed by atoms with E-state index in [-0.39, 0.29) is 29.4 Å². The Bertz CT molecular complexity index is 400. The van der Waals surface area contributed by atoms with Gasteiger partial charge in [0.1, 0.15) is 0 Å². The second kappa shape index (κ2) is 10.2. The molecule has 1 aliphatic carbocycles. The van der Waals surface area contributed by atoms with E-state index >= 15 is 0 Å². The lowest BCUT2D eigenvalue weighted by Gasteiger charge is -2.55. The molecule has 0 spiro atoms. The third-order valence-electron chi connectivity index (χ3n) is 6.05. The molecule has 2 fully saturated rings. The lowest BCUT2D eigenvalue weighted by molar-refractivity contribution is -0.133. The van der Waals surface area contributed by atoms with Crippen molar-refractivity contribution in [2.45, 2.75) is 58.6 Å². The lowest BCUT2D eigenvalue weighted by atomic mass is 9.58. The summed E-state index contributed by atoms with van der Waals surface area (Å²) in [5.74, 6) is 1.68. The highest BCUT2D eigenvalue weighted by atomic mass is 127. The molecule has 2 rings (SSSR count). The van der Waals surface area contributed by atoms with Gasteiger partial charge in [0, 0.05) is 38.2 Å². The van der Waals surface area contributed by atoms with Crippen molar-refractivity contribution >= 4 is 29.9 Å². The van der Waals surface area contributed by atoms with Gasteiger partial charge in [-0.1, -0.05) is 13.8 Å². The van der Waals surface area contributed by atoms with Crippen molar-refractivity contribution in [3.63, 3.8) is 0 Å². The van der Waals surface area contributed by atoms with Crippen molar-refractivity contribution in [2.24, 2.45) is 16.3 Å². The largest absolute Gasteiger partial charge is 0.378 e. The number of hydrogen-bond acceptors (Lipinski definition) is 3. The Morgan fingerprint density at radius 1 is 1.29 bits per heavy atom. The van der Waals surface area contributed by atoms with E-state index in [1.165, 1.54) is 19.5 Å². The molecule has 1 aliphatic heterocycles. The topological polar surface area (TPSA) is 48.9 Å². The number of halogens is 1. The first-order valence-electron chi connectivity index (χ1n) is 9.36. The molecule has 0 aromatic heterocycles. The zero-order chi connectivity index (χ0) is 16.9. The predicted octanol–water partition coefficient (Wildman–Crippen LogP) is 2.70. The number of rotatable bonds is 7. The minimum Gasteiger partial charge on any atom is -0.378 e. The third-order valence-corrected chi connectivity index (χ3v) is 6.05. The van der Waals surface area contributed by atoms with E-state index in [4.69, 9.17) is 4.74 Å². The molecule has 1 saturated heterocycles. The van der Waals surface area contributed by atoms with Crippen LogP contribution in [-0.4, -0.2) is 63.3 Å². The standard InChI is InChI=1S/C18H36N4O.HI/c1-6-18(7-2)15(11-16(18)23-8-3)21-17(19-4)20-12-14-9-10-22(5)13-14;/h14-16H,6-13H2,1-5H3,(H2,19,20,21);1H. The van der Waals surface area contributed by atoms with Crippen LogP contribution >= 0.6 is 24.0 Å². The molecule has 142 valence electrons. The smallest absolute Gasteiger partial charge is 0.191 e. The molecule has 3 unspecified atom stereocenters. The van der Waals surface area contributed by atoms with E-state index in [2.05, 4.69) is 48.3 Å². The molecule has 2 aliphatic rings. The molecule has 0 radical (unpaired) electrons. The van der Waals surface area contributed by atoms with Crippen molar-refractivity contribution < 1.29 is 4.74 Å². The van der Waals surface area contributed by atoms with E-state index in [0.717, 1.165) is 44.3 Å². The highest BCUT2D eigenvalue weighted by molar-refractivity contribution is 14.0. The number of nitrogens with one attached hydrogen (secondary N) is 2. The fourth-order valence-corrected chi connectivity index (χ4v) is 4.38. The van der Waals surface area contributed by atoms with Crippen LogP contribution in [0.15, 0.2) is 4.99 Å². The van der Waals surface area contributed by atoms with Gasteiger partial charge in [0.05, 0.1) is 6.10 Å². The SMILES string of the molecule is CCOC1CC(NC(=NC)NCC2CCN(C)C2)C1(CC)CC.I. The molecule has 1 heterocycles. The van der Waals surface area contributed by atoms with E-state index < -0.39 is 0 Å². The lowest BCUT2D eigenvalue weighted by Crippen LogP contribution is -2.65. The van der Waals surface area contributed by atoms with Crippen molar-refractivity contribution in [2.75, 3.05) is 40.3 Å². The average molecular weight is 452 g/mol. The van der Waals surface area contributed by atoms with Crippen molar-refractivity contribution in [1.29, 1.82) is 0 Å². The quantitative estimate of drug-likeness (QED) is 0.354. The summed E-state index contributed by atoms with van der Waals surface area (Å²) in [6, 6.07) is 0.464. The second-order valence-electron chi connectivity index (χ2n) is 7.19. The summed E-state index contributed by atoms with van der Waals surface area (Å²) < 4.78 is 5.97. The van der Waals surface area contributed by atoms with Crippen molar-refractivity contribution in [3.8, 4) is 0 Å². The maximum absolute atomic E-state index is 5.97. The molecule has 0 amide bonds. The number of ether oxygens (including phenoxy) is 1. The Balaban J connectivity index is 0.00000288. The minimum absolute atomic E-state index is 0. The van der Waals surface area contributed by atoms with E-state index in [0.29, 0.717) is 12.1 Å². The Morgan fingerprint density at radius 3 is 2.50 bits per heavy atom. The summed E-state index contributed by atoms with van der Waals surface area (Å²) in [5.41, 5.74) is 0.251. The Hall–Kier alpha value is -0.0800. The van der Waals surface area contributed by atoms with Gasteiger partial charge in [-0.05, 0) is 52.1 Å². The monoisotopic (exact) mass is 452 g/mol. The highest BCUT2D eigenvalue weighted by Crippen LogP contribution is 2.48. The highest BCUT2D eigenvalue weighted by Gasteiger charge is 2.53. The predicted molar refractivity (Wildman–Crippen MR) is 112 cm³/mol. The van der Waals surface area contributed by atoms with Gasteiger partial charge in [-0.3, -0.25) is 4.99 Å². The second-order valence-corrected chi connectivity index (χ2v) is 7.19. The van der Waals surface area contributed by atoms with Crippen LogP contribution in [-0.2, 0) is 4.74 Å². The van der Waals surface area contributed by atoms with E-state index in [1.54, 1.807) is 0 Å². The van der Waals surface area contributed by atoms with Gasteiger partial charge in [-0.15, -0.1) is 24.0 Å². The molecule has 2 N–H and O–H groups in total. The van der Waals surface area contributed by atoms with Crippen LogP contribution in [0.4, 0.5) is 0 Å². The average Bonchev–Trinajstić information content (AvgIpc) is 2.96. The zero-order valence-electron chi connectivity index (χ0n) is 16.1. The summed E-state index contributed by atoms with van der Waals surface area (Å²) in [5, 5.41) is 7.20. The van der Waals surface area contributed by atoms with Crippen LogP contribution in [0.3, 0.4) is 0 Å². The Labute approximate surface area is 165 Å². The van der Waals surface area contributed by atoms with Gasteiger partial charge in [-0.2, -0.15) is 0 Å². The summed E-state index contributed by atoms with van der Waals surface area (Å²) in [6.45, 7) is 10.9. The van der Waals surface area contributed by atoms with Gasteiger partial charge >= 0.3 is 0 Å². The first-order valence-corrected chi connectivity index (χ1v) is 9.36. The number of nitrogens with zero attached hydrogens (tertiary/aromatic N) is 2. The molecular formula is C18H37IN4O. The van der Waals surface area contributed by atoms with Crippen LogP contribution in [0.25, 0.3) is 0 Å². The number of hydrogen-bond donors (Lipinski definition) is 2. The molecule has 6 heteroatoms. The van der Waals surface area contributed by atoms with Crippen molar-refractivity contribution in [1.82, 2.24) is 15.5 Å². The maximum atomic E-state index is 5.97. The van der Waals surface area contributed by atoms with Crippen LogP contribution in [0.5, 0.6) is 0 Å². The number of guanidine groups is 1. The first kappa shape index (κ1) is 22.0. The van der Waals surface area contributed by atoms with E-state index in [9.17, 15) is 0 Å². The molecule has 3 atom stereocenters. The minimum atomic E-state index is 0. The fourth-order valence-electron chi connectivity index (χ4n) is 4.38. The van der Waals surface area contributed by atoms with Crippen LogP contribution in [0.1, 0.15) is 46.5 Å². The summed E-state index contributed by atoms with van der Waals surface area (Å²) in [7, 11) is 4.07. The van der Waals surface area contributed by atoms with Gasteiger partial charge in [0.2, 0.25) is 0 Å². The molecule has 0 aromatic carbocycles. The molecular weight excluding hydrogens is 415 g/mol. The molecule has 5 nitrogen and oxygen atoms in total. The summed E-state index contributed by atoms with van der Waals surface area (Å²) in [4.78, 5) is 6.84. The first-order chi connectivity index (χ1) is 11.1. The Morgan fingerprint density at radius 2 is 2.00 bits per heavy atom. The van der Waals surface area contributed by atoms with E-state index in [1.807, 2.05) is 7.05 Å². The molecule has 24 heavy (non-hydrogen) atoms.